The summed E-state index contributed by atoms with van der Waals surface area (Å²) in [6.07, 6.45) is 12.5. The number of para-hydroxylation sites is 2. The third-order valence-corrected chi connectivity index (χ3v) is 11.2. The molecule has 46 heavy (non-hydrogen) atoms. The van der Waals surface area contributed by atoms with Gasteiger partial charge in [0.2, 0.25) is 5.52 Å². The van der Waals surface area contributed by atoms with Gasteiger partial charge in [-0.15, -0.1) is 0 Å². The Balaban J connectivity index is 1.31. The van der Waals surface area contributed by atoms with Crippen LogP contribution in [0.15, 0.2) is 142 Å². The molecule has 0 spiro atoms. The summed E-state index contributed by atoms with van der Waals surface area (Å²) < 4.78 is 3.59. The molecular weight excluding hydrogens is 645 g/mol. The Morgan fingerprint density at radius 1 is 0.848 bits per heavy atom. The molecule has 1 aliphatic heterocycles. The van der Waals surface area contributed by atoms with Gasteiger partial charge in [0.25, 0.3) is 5.01 Å². The molecule has 0 fully saturated rings. The smallest absolute Gasteiger partial charge is 0.262 e. The van der Waals surface area contributed by atoms with Crippen LogP contribution >= 0.6 is 46.3 Å². The number of hydrogen-bond donors (Lipinski definition) is 0. The lowest BCUT2D eigenvalue weighted by atomic mass is 10.00. The molecule has 1 aliphatic carbocycles. The van der Waals surface area contributed by atoms with Gasteiger partial charge >= 0.3 is 0 Å². The van der Waals surface area contributed by atoms with Crippen LogP contribution in [-0.4, -0.2) is 12.6 Å². The third kappa shape index (κ3) is 6.05. The van der Waals surface area contributed by atoms with Crippen LogP contribution in [0.5, 0.6) is 0 Å². The number of aromatic nitrogens is 1. The molecule has 0 saturated heterocycles. The number of fused-ring (bicyclic) bond motifs is 2. The van der Waals surface area contributed by atoms with Gasteiger partial charge in [0, 0.05) is 45.0 Å². The average molecular weight is 680 g/mol. The van der Waals surface area contributed by atoms with E-state index in [-0.39, 0.29) is 6.04 Å². The molecule has 7 heteroatoms. The van der Waals surface area contributed by atoms with E-state index in [1.54, 1.807) is 11.3 Å². The standard InChI is InChI=1S/C39H34Cl2N3S2/c1-3-42-33-25-29(40)19-21-35(33)45-37(42)23-17-27-15-16-28(18-24-38-43(4-2)34-26-30(41)20-22-36(34)46-38)39(27)44(31-11-7-5-8-12-31)32-13-9-6-10-14-32/h5-15,17-26,39H,3-4,16H2,1-2H3/q+1. The number of thioether (sulfide) groups is 1. The second kappa shape index (κ2) is 13.5. The quantitative estimate of drug-likeness (QED) is 0.151. The first-order chi connectivity index (χ1) is 22.5. The lowest BCUT2D eigenvalue weighted by Gasteiger charge is -2.34. The van der Waals surface area contributed by atoms with Crippen LogP contribution in [-0.2, 0) is 6.54 Å². The van der Waals surface area contributed by atoms with Crippen molar-refractivity contribution in [3.05, 3.63) is 153 Å². The van der Waals surface area contributed by atoms with Gasteiger partial charge in [-0.2, -0.15) is 4.57 Å². The normalized spacial score (nSPS) is 17.9. The van der Waals surface area contributed by atoms with Gasteiger partial charge in [0.1, 0.15) is 11.2 Å². The Labute approximate surface area is 289 Å². The highest BCUT2D eigenvalue weighted by Crippen LogP contribution is 2.47. The topological polar surface area (TPSA) is 10.4 Å². The van der Waals surface area contributed by atoms with E-state index in [1.807, 2.05) is 23.9 Å². The van der Waals surface area contributed by atoms with Crippen molar-refractivity contribution >= 4 is 79.7 Å². The Kier molecular flexibility index (Phi) is 9.10. The fourth-order valence-electron chi connectivity index (χ4n) is 6.33. The van der Waals surface area contributed by atoms with Gasteiger partial charge < -0.3 is 9.80 Å². The third-order valence-electron chi connectivity index (χ3n) is 8.44. The second-order valence-corrected chi connectivity index (χ2v) is 14.2. The molecule has 230 valence electrons. The van der Waals surface area contributed by atoms with Crippen LogP contribution in [0.3, 0.4) is 0 Å². The zero-order valence-electron chi connectivity index (χ0n) is 25.7. The highest BCUT2D eigenvalue weighted by molar-refractivity contribution is 8.03. The number of benzene rings is 4. The Bertz CT molecular complexity index is 1970. The Hall–Kier alpha value is -3.74. The van der Waals surface area contributed by atoms with E-state index in [1.165, 1.54) is 42.0 Å². The number of thiazole rings is 1. The van der Waals surface area contributed by atoms with Gasteiger partial charge in [0.15, 0.2) is 0 Å². The zero-order chi connectivity index (χ0) is 31.6. The fourth-order valence-corrected chi connectivity index (χ4v) is 8.88. The Morgan fingerprint density at radius 3 is 2.24 bits per heavy atom. The van der Waals surface area contributed by atoms with Crippen molar-refractivity contribution in [3.8, 4) is 0 Å². The average Bonchev–Trinajstić information content (AvgIpc) is 3.75. The van der Waals surface area contributed by atoms with Crippen molar-refractivity contribution in [1.29, 1.82) is 0 Å². The van der Waals surface area contributed by atoms with Crippen molar-refractivity contribution in [3.63, 3.8) is 0 Å². The van der Waals surface area contributed by atoms with Gasteiger partial charge in [-0.05, 0) is 98.2 Å². The number of rotatable bonds is 8. The highest BCUT2D eigenvalue weighted by Gasteiger charge is 2.31. The molecule has 7 rings (SSSR count). The first kappa shape index (κ1) is 30.9. The van der Waals surface area contributed by atoms with Gasteiger partial charge in [-0.25, -0.2) is 0 Å². The molecule has 2 aliphatic rings. The zero-order valence-corrected chi connectivity index (χ0v) is 28.9. The van der Waals surface area contributed by atoms with E-state index in [0.29, 0.717) is 0 Å². The predicted octanol–water partition coefficient (Wildman–Crippen LogP) is 11.5. The number of halogens is 2. The van der Waals surface area contributed by atoms with Crippen molar-refractivity contribution < 1.29 is 4.57 Å². The van der Waals surface area contributed by atoms with Crippen molar-refractivity contribution in [2.45, 2.75) is 37.8 Å². The lowest BCUT2D eigenvalue weighted by molar-refractivity contribution is -0.665. The Morgan fingerprint density at radius 2 is 1.54 bits per heavy atom. The molecule has 0 N–H and O–H groups in total. The lowest BCUT2D eigenvalue weighted by Crippen LogP contribution is -2.33. The maximum Gasteiger partial charge on any atom is 0.262 e. The summed E-state index contributed by atoms with van der Waals surface area (Å²) >= 11 is 16.4. The molecule has 1 unspecified atom stereocenters. The SMILES string of the molecule is CCN1C(=CC=C2CC=C(C=Cc3sc4ccc(Cl)cc4[n+]3CC)C2N(c2ccccc2)c2ccccc2)Sc2ccc(Cl)cc21. The summed E-state index contributed by atoms with van der Waals surface area (Å²) in [7, 11) is 0. The molecule has 1 atom stereocenters. The van der Waals surface area contributed by atoms with E-state index < -0.39 is 0 Å². The summed E-state index contributed by atoms with van der Waals surface area (Å²) in [6, 6.07) is 33.8. The monoisotopic (exact) mass is 678 g/mol. The summed E-state index contributed by atoms with van der Waals surface area (Å²) in [5, 5.41) is 3.96. The first-order valence-corrected chi connectivity index (χ1v) is 18.0. The van der Waals surface area contributed by atoms with Gasteiger partial charge in [0.05, 0.1) is 16.8 Å². The molecular formula is C39H34Cl2N3S2+. The number of allylic oxidation sites excluding steroid dienone is 3. The van der Waals surface area contributed by atoms with Gasteiger partial charge in [-0.3, -0.25) is 0 Å². The van der Waals surface area contributed by atoms with Crippen LogP contribution in [0.2, 0.25) is 10.0 Å². The molecule has 1 aromatic heterocycles. The van der Waals surface area contributed by atoms with Crippen LogP contribution in [0, 0.1) is 0 Å². The highest BCUT2D eigenvalue weighted by atomic mass is 35.5. The number of anilines is 3. The predicted molar refractivity (Wildman–Crippen MR) is 200 cm³/mol. The minimum Gasteiger partial charge on any atom is -0.335 e. The van der Waals surface area contributed by atoms with Crippen LogP contribution < -0.4 is 14.4 Å². The molecule has 0 saturated carbocycles. The molecule has 4 aromatic carbocycles. The minimum absolute atomic E-state index is 0.0232. The fraction of sp³-hybridized carbons (Fsp3) is 0.154. The molecule has 2 heterocycles. The van der Waals surface area contributed by atoms with Crippen molar-refractivity contribution in [2.24, 2.45) is 0 Å². The second-order valence-electron chi connectivity index (χ2n) is 11.2. The van der Waals surface area contributed by atoms with Crippen LogP contribution in [0.25, 0.3) is 16.3 Å². The largest absolute Gasteiger partial charge is 0.335 e. The molecule has 3 nitrogen and oxygen atoms in total. The molecule has 5 aromatic rings. The van der Waals surface area contributed by atoms with Gasteiger partial charge in [-0.1, -0.05) is 94.9 Å². The summed E-state index contributed by atoms with van der Waals surface area (Å²) in [6.45, 7) is 6.14. The number of nitrogens with zero attached hydrogens (tertiary/aromatic N) is 3. The summed E-state index contributed by atoms with van der Waals surface area (Å²) in [4.78, 5) is 6.06. The van der Waals surface area contributed by atoms with E-state index >= 15 is 0 Å². The van der Waals surface area contributed by atoms with E-state index in [0.717, 1.165) is 40.9 Å². The van der Waals surface area contributed by atoms with E-state index in [4.69, 9.17) is 23.2 Å². The van der Waals surface area contributed by atoms with Crippen molar-refractivity contribution in [2.75, 3.05) is 16.3 Å². The van der Waals surface area contributed by atoms with Crippen molar-refractivity contribution in [1.82, 2.24) is 0 Å². The molecule has 0 amide bonds. The van der Waals surface area contributed by atoms with Crippen LogP contribution in [0.4, 0.5) is 17.1 Å². The first-order valence-electron chi connectivity index (χ1n) is 15.6. The summed E-state index contributed by atoms with van der Waals surface area (Å²) in [5.41, 5.74) is 7.29. The molecule has 0 bridgehead atoms. The van der Waals surface area contributed by atoms with Crippen LogP contribution in [0.1, 0.15) is 25.3 Å². The summed E-state index contributed by atoms with van der Waals surface area (Å²) in [5.74, 6) is 0. The number of hydrogen-bond acceptors (Lipinski definition) is 4. The minimum atomic E-state index is 0.0232. The molecule has 0 radical (unpaired) electrons. The maximum atomic E-state index is 6.39. The van der Waals surface area contributed by atoms with E-state index in [9.17, 15) is 0 Å². The number of aryl methyl sites for hydroxylation is 1. The van der Waals surface area contributed by atoms with E-state index in [2.05, 4.69) is 144 Å². The maximum absolute atomic E-state index is 6.39.